The summed E-state index contributed by atoms with van der Waals surface area (Å²) in [5.41, 5.74) is 5.34. The third-order valence-corrected chi connectivity index (χ3v) is 6.30. The zero-order valence-corrected chi connectivity index (χ0v) is 22.2. The first-order chi connectivity index (χ1) is 16.9. The smallest absolute Gasteiger partial charge is 0.278 e. The van der Waals surface area contributed by atoms with Gasteiger partial charge in [-0.2, -0.15) is 0 Å². The molecule has 2 atom stereocenters. The van der Waals surface area contributed by atoms with Crippen LogP contribution in [-0.2, 0) is 14.4 Å². The highest BCUT2D eigenvalue weighted by molar-refractivity contribution is 7.80. The van der Waals surface area contributed by atoms with Crippen LogP contribution in [0.25, 0.3) is 0 Å². The molecular formula is C27H33N5O3S. The Morgan fingerprint density at radius 2 is 1.83 bits per heavy atom. The fourth-order valence-electron chi connectivity index (χ4n) is 3.84. The van der Waals surface area contributed by atoms with Crippen LogP contribution in [0.2, 0.25) is 0 Å². The average molecular weight is 508 g/mol. The van der Waals surface area contributed by atoms with Crippen LogP contribution in [0, 0.1) is 5.41 Å². The van der Waals surface area contributed by atoms with Gasteiger partial charge in [0.25, 0.3) is 5.91 Å². The van der Waals surface area contributed by atoms with E-state index in [0.717, 1.165) is 6.42 Å². The number of nitrogens with two attached hydrogens (primary N) is 1. The van der Waals surface area contributed by atoms with Crippen molar-refractivity contribution in [3.05, 3.63) is 59.9 Å². The van der Waals surface area contributed by atoms with Crippen molar-refractivity contribution in [2.75, 3.05) is 11.4 Å². The summed E-state index contributed by atoms with van der Waals surface area (Å²) in [7, 11) is 0. The highest BCUT2D eigenvalue weighted by Crippen LogP contribution is 2.32. The van der Waals surface area contributed by atoms with Gasteiger partial charge in [0, 0.05) is 17.2 Å². The van der Waals surface area contributed by atoms with Gasteiger partial charge in [-0.1, -0.05) is 64.2 Å². The van der Waals surface area contributed by atoms with Crippen LogP contribution >= 0.6 is 12.2 Å². The Kier molecular flexibility index (Phi) is 8.15. The predicted molar refractivity (Wildman–Crippen MR) is 145 cm³/mol. The first-order valence-electron chi connectivity index (χ1n) is 12.0. The molecule has 1 aromatic heterocycles. The van der Waals surface area contributed by atoms with E-state index in [4.69, 9.17) is 18.0 Å². The number of hydrogen-bond donors (Lipinski definition) is 2. The minimum atomic E-state index is -2.31. The van der Waals surface area contributed by atoms with Gasteiger partial charge in [0.2, 0.25) is 11.4 Å². The summed E-state index contributed by atoms with van der Waals surface area (Å²) in [5.74, 6) is -1.61. The predicted octanol–water partition coefficient (Wildman–Crippen LogP) is 3.21. The maximum absolute atomic E-state index is 14.1. The molecule has 1 unspecified atom stereocenters. The molecule has 8 nitrogen and oxygen atoms in total. The quantitative estimate of drug-likeness (QED) is 0.416. The van der Waals surface area contributed by atoms with Gasteiger partial charge in [0.05, 0.1) is 34.7 Å². The number of hydrogen-bond acceptors (Lipinski definition) is 7. The minimum absolute atomic E-state index is 0.183. The molecule has 0 bridgehead atoms. The van der Waals surface area contributed by atoms with E-state index in [-0.39, 0.29) is 12.3 Å². The fourth-order valence-corrected chi connectivity index (χ4v) is 4.22. The van der Waals surface area contributed by atoms with E-state index >= 15 is 0 Å². The monoisotopic (exact) mass is 507 g/mol. The highest BCUT2D eigenvalue weighted by Gasteiger charge is 2.50. The van der Waals surface area contributed by atoms with Gasteiger partial charge >= 0.3 is 0 Å². The number of nitrogens with zero attached hydrogens (tertiary/aromatic N) is 3. The number of benzodiazepines with no additional fused rings is 1. The number of Topliss-reactive ketones (excluding diaryl/α,β-unsaturated/α-hetero) is 2. The van der Waals surface area contributed by atoms with Crippen molar-refractivity contribution in [2.45, 2.75) is 59.2 Å². The minimum Gasteiger partial charge on any atom is -0.370 e. The van der Waals surface area contributed by atoms with E-state index in [1.54, 1.807) is 76.4 Å². The van der Waals surface area contributed by atoms with Gasteiger partial charge in [0.15, 0.2) is 5.78 Å². The SMILES string of the molecule is CCCC(=S)N[C@@H](C)C(=O)C1(N)N=C(c2ccccn2)c2ccccc2N(CC(=O)C(C)(C)C)C1=O. The molecular weight excluding hydrogens is 474 g/mol. The van der Waals surface area contributed by atoms with Crippen molar-refractivity contribution in [1.29, 1.82) is 0 Å². The molecule has 1 aliphatic rings. The Bertz CT molecular complexity index is 1210. The highest BCUT2D eigenvalue weighted by atomic mass is 32.1. The molecule has 1 aliphatic heterocycles. The number of carbonyl (C=O) groups is 3. The molecule has 190 valence electrons. The van der Waals surface area contributed by atoms with Crippen LogP contribution in [0.5, 0.6) is 0 Å². The fraction of sp³-hybridized carbons (Fsp3) is 0.407. The van der Waals surface area contributed by atoms with Crippen molar-refractivity contribution < 1.29 is 14.4 Å². The molecule has 0 saturated heterocycles. The molecule has 2 heterocycles. The molecule has 0 fully saturated rings. The standard InChI is InChI=1S/C27H33N5O3S/c1-6-11-22(36)30-17(2)24(34)27(28)25(35)32(16-21(33)26(3,4)5)20-14-8-7-12-18(20)23(31-27)19-13-9-10-15-29-19/h7-10,12-15,17H,6,11,16,28H2,1-5H3,(H,30,36)/t17-,27?/m0/s1. The summed E-state index contributed by atoms with van der Waals surface area (Å²) in [6.45, 7) is 8.66. The van der Waals surface area contributed by atoms with Gasteiger partial charge in [0.1, 0.15) is 0 Å². The van der Waals surface area contributed by atoms with Crippen molar-refractivity contribution in [2.24, 2.45) is 16.1 Å². The van der Waals surface area contributed by atoms with Crippen molar-refractivity contribution in [1.82, 2.24) is 10.3 Å². The molecule has 9 heteroatoms. The van der Waals surface area contributed by atoms with Crippen molar-refractivity contribution >= 4 is 46.1 Å². The summed E-state index contributed by atoms with van der Waals surface area (Å²) in [6, 6.07) is 11.4. The number of aromatic nitrogens is 1. The molecule has 3 rings (SSSR count). The normalized spacial score (nSPS) is 18.6. The van der Waals surface area contributed by atoms with Crippen LogP contribution in [-0.4, -0.2) is 51.4 Å². The third kappa shape index (κ3) is 5.57. The van der Waals surface area contributed by atoms with Crippen LogP contribution in [0.3, 0.4) is 0 Å². The molecule has 0 radical (unpaired) electrons. The Morgan fingerprint density at radius 3 is 2.44 bits per heavy atom. The van der Waals surface area contributed by atoms with E-state index in [2.05, 4.69) is 15.3 Å². The second kappa shape index (κ2) is 10.8. The lowest BCUT2D eigenvalue weighted by molar-refractivity contribution is -0.136. The number of ketones is 2. The average Bonchev–Trinajstić information content (AvgIpc) is 2.93. The molecule has 2 aromatic rings. The van der Waals surface area contributed by atoms with Gasteiger partial charge in [-0.3, -0.25) is 25.1 Å². The molecule has 1 amide bonds. The zero-order valence-electron chi connectivity index (χ0n) is 21.4. The number of para-hydroxylation sites is 1. The second-order valence-electron chi connectivity index (χ2n) is 9.93. The Labute approximate surface area is 217 Å². The molecule has 0 spiro atoms. The lowest BCUT2D eigenvalue weighted by atomic mass is 9.90. The number of aliphatic imine (C=N–C) groups is 1. The lowest BCUT2D eigenvalue weighted by Gasteiger charge is -2.32. The van der Waals surface area contributed by atoms with Crippen molar-refractivity contribution in [3.63, 3.8) is 0 Å². The summed E-state index contributed by atoms with van der Waals surface area (Å²) in [4.78, 5) is 51.7. The van der Waals surface area contributed by atoms with E-state index in [1.807, 2.05) is 6.92 Å². The van der Waals surface area contributed by atoms with Gasteiger partial charge in [-0.15, -0.1) is 0 Å². The number of fused-ring (bicyclic) bond motifs is 1. The first kappa shape index (κ1) is 27.3. The summed E-state index contributed by atoms with van der Waals surface area (Å²) in [5, 5.41) is 2.98. The molecule has 3 N–H and O–H groups in total. The van der Waals surface area contributed by atoms with Gasteiger partial charge in [-0.05, 0) is 38.0 Å². The summed E-state index contributed by atoms with van der Waals surface area (Å²) >= 11 is 5.33. The number of pyridine rings is 1. The van der Waals surface area contributed by atoms with Gasteiger partial charge < -0.3 is 10.2 Å². The molecule has 36 heavy (non-hydrogen) atoms. The number of anilines is 1. The van der Waals surface area contributed by atoms with Crippen LogP contribution in [0.15, 0.2) is 53.7 Å². The van der Waals surface area contributed by atoms with E-state index < -0.39 is 28.8 Å². The second-order valence-corrected chi connectivity index (χ2v) is 10.4. The molecule has 0 saturated carbocycles. The van der Waals surface area contributed by atoms with Crippen LogP contribution < -0.4 is 16.0 Å². The Balaban J connectivity index is 2.21. The van der Waals surface area contributed by atoms with Crippen LogP contribution in [0.4, 0.5) is 5.69 Å². The molecule has 1 aromatic carbocycles. The summed E-state index contributed by atoms with van der Waals surface area (Å²) in [6.07, 6.45) is 3.00. The van der Waals surface area contributed by atoms with Crippen molar-refractivity contribution in [3.8, 4) is 0 Å². The lowest BCUT2D eigenvalue weighted by Crippen LogP contribution is -2.64. The Hall–Kier alpha value is -3.30. The maximum Gasteiger partial charge on any atom is 0.278 e. The largest absolute Gasteiger partial charge is 0.370 e. The van der Waals surface area contributed by atoms with E-state index in [0.29, 0.717) is 34.1 Å². The number of rotatable bonds is 8. The van der Waals surface area contributed by atoms with Crippen LogP contribution in [0.1, 0.15) is 58.7 Å². The third-order valence-electron chi connectivity index (χ3n) is 5.98. The number of carbonyl (C=O) groups excluding carboxylic acids is 3. The van der Waals surface area contributed by atoms with Gasteiger partial charge in [-0.25, -0.2) is 4.99 Å². The number of benzene rings is 1. The van der Waals surface area contributed by atoms with E-state index in [9.17, 15) is 14.4 Å². The number of amides is 1. The number of thiocarbonyl (C=S) groups is 1. The molecule has 0 aliphatic carbocycles. The zero-order chi connectivity index (χ0) is 26.7. The summed E-state index contributed by atoms with van der Waals surface area (Å²) < 4.78 is 0. The first-order valence-corrected chi connectivity index (χ1v) is 12.4. The topological polar surface area (TPSA) is 118 Å². The number of nitrogens with one attached hydrogen (secondary N) is 1. The Morgan fingerprint density at radius 1 is 1.17 bits per heavy atom. The van der Waals surface area contributed by atoms with E-state index in [1.165, 1.54) is 4.90 Å². The maximum atomic E-state index is 14.1.